The molecule has 0 bridgehead atoms. The van der Waals surface area contributed by atoms with Gasteiger partial charge in [0.1, 0.15) is 0 Å². The highest BCUT2D eigenvalue weighted by atomic mass is 16.4. The van der Waals surface area contributed by atoms with Crippen LogP contribution in [0.15, 0.2) is 0 Å². The van der Waals surface area contributed by atoms with Gasteiger partial charge in [-0.3, -0.25) is 9.59 Å². The molecule has 0 aromatic rings. The molecule has 0 radical (unpaired) electrons. The molecular formula is C15H26N2O3. The summed E-state index contributed by atoms with van der Waals surface area (Å²) in [5, 5.41) is 15.6. The molecule has 3 N–H and O–H groups in total. The van der Waals surface area contributed by atoms with E-state index in [-0.39, 0.29) is 11.9 Å². The van der Waals surface area contributed by atoms with Crippen LogP contribution < -0.4 is 10.6 Å². The van der Waals surface area contributed by atoms with Crippen molar-refractivity contribution >= 4 is 11.9 Å². The number of nitrogens with one attached hydrogen (secondary N) is 2. The van der Waals surface area contributed by atoms with Crippen LogP contribution in [0.2, 0.25) is 0 Å². The summed E-state index contributed by atoms with van der Waals surface area (Å²) in [7, 11) is 0. The van der Waals surface area contributed by atoms with Crippen LogP contribution in [-0.4, -0.2) is 36.1 Å². The number of carbonyl (C=O) groups excluding carboxylic acids is 1. The van der Waals surface area contributed by atoms with Crippen molar-refractivity contribution in [3.8, 4) is 0 Å². The standard InChI is InChI=1S/C15H26N2O3/c18-14(10-11-6-8-16-9-7-11)17-13-5-3-1-2-4-12(13)15(19)20/h11-13,16H,1-10H2,(H,17,18)(H,19,20). The zero-order valence-corrected chi connectivity index (χ0v) is 12.1. The Balaban J connectivity index is 1.85. The summed E-state index contributed by atoms with van der Waals surface area (Å²) in [4.78, 5) is 23.5. The lowest BCUT2D eigenvalue weighted by Crippen LogP contribution is -2.43. The van der Waals surface area contributed by atoms with Crippen LogP contribution in [0.25, 0.3) is 0 Å². The lowest BCUT2D eigenvalue weighted by atomic mass is 9.92. The molecule has 1 amide bonds. The number of carboxylic acids is 1. The van der Waals surface area contributed by atoms with Crippen molar-refractivity contribution < 1.29 is 14.7 Å². The first-order valence-corrected chi connectivity index (χ1v) is 7.89. The lowest BCUT2D eigenvalue weighted by Gasteiger charge is -2.26. The van der Waals surface area contributed by atoms with Gasteiger partial charge in [-0.15, -0.1) is 0 Å². The molecule has 2 rings (SSSR count). The summed E-state index contributed by atoms with van der Waals surface area (Å²) in [5.74, 6) is -0.686. The number of piperidine rings is 1. The first-order valence-electron chi connectivity index (χ1n) is 7.89. The Bertz CT molecular complexity index is 340. The molecule has 0 aromatic carbocycles. The highest BCUT2D eigenvalue weighted by Gasteiger charge is 2.31. The molecule has 5 nitrogen and oxygen atoms in total. The Morgan fingerprint density at radius 2 is 1.75 bits per heavy atom. The van der Waals surface area contributed by atoms with E-state index in [1.807, 2.05) is 0 Å². The average molecular weight is 282 g/mol. The first-order chi connectivity index (χ1) is 9.66. The number of aliphatic carboxylic acids is 1. The fraction of sp³-hybridized carbons (Fsp3) is 0.867. The molecule has 2 atom stereocenters. The van der Waals surface area contributed by atoms with E-state index in [0.29, 0.717) is 18.8 Å². The molecule has 114 valence electrons. The average Bonchev–Trinajstić information content (AvgIpc) is 2.65. The molecule has 0 spiro atoms. The van der Waals surface area contributed by atoms with E-state index in [0.717, 1.165) is 51.6 Å². The molecule has 2 aliphatic rings. The monoisotopic (exact) mass is 282 g/mol. The zero-order valence-electron chi connectivity index (χ0n) is 12.1. The number of amides is 1. The molecule has 20 heavy (non-hydrogen) atoms. The third-order valence-electron chi connectivity index (χ3n) is 4.61. The maximum atomic E-state index is 12.1. The zero-order chi connectivity index (χ0) is 14.4. The quantitative estimate of drug-likeness (QED) is 0.683. The highest BCUT2D eigenvalue weighted by molar-refractivity contribution is 5.78. The van der Waals surface area contributed by atoms with Gasteiger partial charge in [-0.25, -0.2) is 0 Å². The summed E-state index contributed by atoms with van der Waals surface area (Å²) in [6.45, 7) is 1.97. The second-order valence-electron chi connectivity index (χ2n) is 6.15. The fourth-order valence-corrected chi connectivity index (χ4v) is 3.39. The van der Waals surface area contributed by atoms with E-state index >= 15 is 0 Å². The van der Waals surface area contributed by atoms with Gasteiger partial charge in [0.25, 0.3) is 0 Å². The molecule has 2 fully saturated rings. The SMILES string of the molecule is O=C(CC1CCNCC1)NC1CCCCCC1C(=O)O. The Labute approximate surface area is 120 Å². The first kappa shape index (κ1) is 15.3. The Morgan fingerprint density at radius 1 is 1.05 bits per heavy atom. The van der Waals surface area contributed by atoms with Crippen molar-refractivity contribution in [1.29, 1.82) is 0 Å². The van der Waals surface area contributed by atoms with Gasteiger partial charge in [0.2, 0.25) is 5.91 Å². The molecule has 2 unspecified atom stereocenters. The van der Waals surface area contributed by atoms with E-state index in [2.05, 4.69) is 10.6 Å². The molecule has 1 heterocycles. The third kappa shape index (κ3) is 4.47. The van der Waals surface area contributed by atoms with Gasteiger partial charge in [0, 0.05) is 12.5 Å². The van der Waals surface area contributed by atoms with E-state index < -0.39 is 11.9 Å². The van der Waals surface area contributed by atoms with Crippen LogP contribution in [0.5, 0.6) is 0 Å². The molecule has 5 heteroatoms. The number of carboxylic acid groups (broad SMARTS) is 1. The predicted octanol–water partition coefficient (Wildman–Crippen LogP) is 1.53. The van der Waals surface area contributed by atoms with Gasteiger partial charge >= 0.3 is 5.97 Å². The topological polar surface area (TPSA) is 78.4 Å². The second-order valence-corrected chi connectivity index (χ2v) is 6.15. The van der Waals surface area contributed by atoms with Crippen LogP contribution in [0.4, 0.5) is 0 Å². The van der Waals surface area contributed by atoms with Gasteiger partial charge in [0.05, 0.1) is 5.92 Å². The Kier molecular flexibility index (Phi) is 5.83. The fourth-order valence-electron chi connectivity index (χ4n) is 3.39. The summed E-state index contributed by atoms with van der Waals surface area (Å²) < 4.78 is 0. The Morgan fingerprint density at radius 3 is 2.45 bits per heavy atom. The van der Waals surface area contributed by atoms with Gasteiger partial charge in [-0.05, 0) is 44.7 Å². The van der Waals surface area contributed by atoms with Crippen LogP contribution in [0.1, 0.15) is 51.4 Å². The third-order valence-corrected chi connectivity index (χ3v) is 4.61. The van der Waals surface area contributed by atoms with Crippen LogP contribution >= 0.6 is 0 Å². The number of rotatable bonds is 4. The summed E-state index contributed by atoms with van der Waals surface area (Å²) >= 11 is 0. The minimum atomic E-state index is -0.765. The van der Waals surface area contributed by atoms with Crippen molar-refractivity contribution in [2.45, 2.75) is 57.4 Å². The van der Waals surface area contributed by atoms with Gasteiger partial charge in [-0.2, -0.15) is 0 Å². The van der Waals surface area contributed by atoms with Crippen LogP contribution in [0.3, 0.4) is 0 Å². The number of carbonyl (C=O) groups is 2. The summed E-state index contributed by atoms with van der Waals surface area (Å²) in [6, 6.07) is -0.177. The van der Waals surface area contributed by atoms with Gasteiger partial charge in [-0.1, -0.05) is 19.3 Å². The molecule has 1 saturated heterocycles. The minimum Gasteiger partial charge on any atom is -0.481 e. The molecule has 1 aliphatic carbocycles. The largest absolute Gasteiger partial charge is 0.481 e. The van der Waals surface area contributed by atoms with E-state index in [9.17, 15) is 14.7 Å². The molecule has 1 aliphatic heterocycles. The van der Waals surface area contributed by atoms with Crippen LogP contribution in [-0.2, 0) is 9.59 Å². The van der Waals surface area contributed by atoms with Crippen molar-refractivity contribution in [3.63, 3.8) is 0 Å². The van der Waals surface area contributed by atoms with Gasteiger partial charge in [0.15, 0.2) is 0 Å². The molecule has 0 aromatic heterocycles. The van der Waals surface area contributed by atoms with Crippen molar-refractivity contribution in [2.75, 3.05) is 13.1 Å². The van der Waals surface area contributed by atoms with Crippen molar-refractivity contribution in [1.82, 2.24) is 10.6 Å². The van der Waals surface area contributed by atoms with E-state index in [1.54, 1.807) is 0 Å². The number of hydrogen-bond acceptors (Lipinski definition) is 3. The number of hydrogen-bond donors (Lipinski definition) is 3. The lowest BCUT2D eigenvalue weighted by molar-refractivity contribution is -0.143. The normalized spacial score (nSPS) is 28.6. The summed E-state index contributed by atoms with van der Waals surface area (Å²) in [5.41, 5.74) is 0. The van der Waals surface area contributed by atoms with Crippen molar-refractivity contribution in [3.05, 3.63) is 0 Å². The minimum absolute atomic E-state index is 0.0371. The maximum Gasteiger partial charge on any atom is 0.308 e. The highest BCUT2D eigenvalue weighted by Crippen LogP contribution is 2.24. The maximum absolute atomic E-state index is 12.1. The Hall–Kier alpha value is -1.10. The summed E-state index contributed by atoms with van der Waals surface area (Å²) in [6.07, 6.45) is 7.16. The second kappa shape index (κ2) is 7.62. The van der Waals surface area contributed by atoms with E-state index in [4.69, 9.17) is 0 Å². The predicted molar refractivity (Wildman–Crippen MR) is 76.4 cm³/mol. The van der Waals surface area contributed by atoms with Crippen molar-refractivity contribution in [2.24, 2.45) is 11.8 Å². The van der Waals surface area contributed by atoms with E-state index in [1.165, 1.54) is 0 Å². The van der Waals surface area contributed by atoms with Crippen LogP contribution in [0, 0.1) is 11.8 Å². The van der Waals surface area contributed by atoms with Gasteiger partial charge < -0.3 is 15.7 Å². The molecular weight excluding hydrogens is 256 g/mol. The smallest absolute Gasteiger partial charge is 0.308 e. The molecule has 1 saturated carbocycles.